The first-order chi connectivity index (χ1) is 11.5. The molecule has 0 aliphatic rings. The molecule has 5 heteroatoms. The predicted octanol–water partition coefficient (Wildman–Crippen LogP) is 4.16. The molecule has 0 spiro atoms. The SMILES string of the molecule is Cc1cc(C)cc(OCCCn2cnc3sc(C)c(C)c3c2=O)c1. The van der Waals surface area contributed by atoms with Crippen LogP contribution in [0.3, 0.4) is 0 Å². The van der Waals surface area contributed by atoms with Gasteiger partial charge >= 0.3 is 0 Å². The molecule has 0 amide bonds. The smallest absolute Gasteiger partial charge is 0.262 e. The van der Waals surface area contributed by atoms with Crippen molar-refractivity contribution in [3.8, 4) is 5.75 Å². The van der Waals surface area contributed by atoms with Gasteiger partial charge < -0.3 is 4.74 Å². The van der Waals surface area contributed by atoms with Gasteiger partial charge in [0.15, 0.2) is 0 Å². The van der Waals surface area contributed by atoms with Gasteiger partial charge in [-0.2, -0.15) is 0 Å². The maximum Gasteiger partial charge on any atom is 0.262 e. The van der Waals surface area contributed by atoms with E-state index in [0.717, 1.165) is 32.8 Å². The average Bonchev–Trinajstić information content (AvgIpc) is 2.80. The lowest BCUT2D eigenvalue weighted by Crippen LogP contribution is -2.21. The number of benzene rings is 1. The molecular weight excluding hydrogens is 320 g/mol. The van der Waals surface area contributed by atoms with Crippen molar-refractivity contribution in [1.29, 1.82) is 0 Å². The molecule has 126 valence electrons. The van der Waals surface area contributed by atoms with Crippen LogP contribution in [0.4, 0.5) is 0 Å². The van der Waals surface area contributed by atoms with E-state index in [1.54, 1.807) is 22.2 Å². The highest BCUT2D eigenvalue weighted by Gasteiger charge is 2.11. The van der Waals surface area contributed by atoms with E-state index in [-0.39, 0.29) is 5.56 Å². The van der Waals surface area contributed by atoms with Crippen molar-refractivity contribution >= 4 is 21.6 Å². The number of aryl methyl sites for hydroxylation is 5. The van der Waals surface area contributed by atoms with E-state index in [9.17, 15) is 4.79 Å². The molecule has 0 radical (unpaired) electrons. The highest BCUT2D eigenvalue weighted by Crippen LogP contribution is 2.25. The van der Waals surface area contributed by atoms with Gasteiger partial charge in [-0.15, -0.1) is 11.3 Å². The third-order valence-electron chi connectivity index (χ3n) is 4.16. The van der Waals surface area contributed by atoms with Gasteiger partial charge in [0.2, 0.25) is 0 Å². The summed E-state index contributed by atoms with van der Waals surface area (Å²) in [6.07, 6.45) is 2.42. The molecule has 0 N–H and O–H groups in total. The minimum Gasteiger partial charge on any atom is -0.494 e. The van der Waals surface area contributed by atoms with Crippen molar-refractivity contribution in [2.45, 2.75) is 40.7 Å². The Hall–Kier alpha value is -2.14. The molecule has 0 bridgehead atoms. The Morgan fingerprint density at radius 1 is 1.12 bits per heavy atom. The number of ether oxygens (including phenoxy) is 1. The van der Waals surface area contributed by atoms with E-state index >= 15 is 0 Å². The maximum atomic E-state index is 12.6. The van der Waals surface area contributed by atoms with E-state index in [1.165, 1.54) is 11.1 Å². The van der Waals surface area contributed by atoms with E-state index in [1.807, 2.05) is 26.0 Å². The highest BCUT2D eigenvalue weighted by molar-refractivity contribution is 7.18. The molecule has 4 nitrogen and oxygen atoms in total. The van der Waals surface area contributed by atoms with Crippen LogP contribution in [0, 0.1) is 27.7 Å². The Morgan fingerprint density at radius 2 is 1.83 bits per heavy atom. The second kappa shape index (κ2) is 6.77. The zero-order valence-electron chi connectivity index (χ0n) is 14.5. The van der Waals surface area contributed by atoms with Gasteiger partial charge in [-0.05, 0) is 62.9 Å². The van der Waals surface area contributed by atoms with Crippen molar-refractivity contribution in [3.63, 3.8) is 0 Å². The largest absolute Gasteiger partial charge is 0.494 e. The summed E-state index contributed by atoms with van der Waals surface area (Å²) < 4.78 is 7.50. The average molecular weight is 342 g/mol. The van der Waals surface area contributed by atoms with Crippen LogP contribution < -0.4 is 10.3 Å². The van der Waals surface area contributed by atoms with Gasteiger partial charge in [-0.3, -0.25) is 9.36 Å². The third kappa shape index (κ3) is 3.36. The van der Waals surface area contributed by atoms with Gasteiger partial charge in [-0.1, -0.05) is 6.07 Å². The quantitative estimate of drug-likeness (QED) is 0.654. The van der Waals surface area contributed by atoms with Crippen LogP contribution >= 0.6 is 11.3 Å². The molecule has 0 atom stereocenters. The summed E-state index contributed by atoms with van der Waals surface area (Å²) in [4.78, 5) is 19.0. The van der Waals surface area contributed by atoms with Crippen LogP contribution in [0.15, 0.2) is 29.3 Å². The first-order valence-corrected chi connectivity index (χ1v) is 8.93. The zero-order valence-corrected chi connectivity index (χ0v) is 15.4. The summed E-state index contributed by atoms with van der Waals surface area (Å²) in [7, 11) is 0. The Labute approximate surface area is 145 Å². The minimum atomic E-state index is 0.0493. The van der Waals surface area contributed by atoms with Gasteiger partial charge in [0.05, 0.1) is 18.3 Å². The molecule has 2 aromatic heterocycles. The number of rotatable bonds is 5. The zero-order chi connectivity index (χ0) is 17.3. The van der Waals surface area contributed by atoms with Gasteiger partial charge in [-0.25, -0.2) is 4.98 Å². The monoisotopic (exact) mass is 342 g/mol. The third-order valence-corrected chi connectivity index (χ3v) is 5.28. The number of fused-ring (bicyclic) bond motifs is 1. The summed E-state index contributed by atoms with van der Waals surface area (Å²) in [5.41, 5.74) is 3.49. The summed E-state index contributed by atoms with van der Waals surface area (Å²) >= 11 is 1.58. The summed E-state index contributed by atoms with van der Waals surface area (Å²) in [5.74, 6) is 0.887. The number of hydrogen-bond donors (Lipinski definition) is 0. The Balaban J connectivity index is 1.67. The lowest BCUT2D eigenvalue weighted by molar-refractivity contribution is 0.300. The van der Waals surface area contributed by atoms with Gasteiger partial charge in [0, 0.05) is 11.4 Å². The van der Waals surface area contributed by atoms with Gasteiger partial charge in [0.25, 0.3) is 5.56 Å². The van der Waals surface area contributed by atoms with Crippen LogP contribution in [0.2, 0.25) is 0 Å². The number of thiophene rings is 1. The molecule has 1 aromatic carbocycles. The van der Waals surface area contributed by atoms with Crippen LogP contribution in [-0.4, -0.2) is 16.2 Å². The molecule has 0 fully saturated rings. The second-order valence-corrected chi connectivity index (χ2v) is 7.44. The number of hydrogen-bond acceptors (Lipinski definition) is 4. The highest BCUT2D eigenvalue weighted by atomic mass is 32.1. The second-order valence-electron chi connectivity index (χ2n) is 6.23. The molecule has 0 unspecified atom stereocenters. The number of aromatic nitrogens is 2. The lowest BCUT2D eigenvalue weighted by Gasteiger charge is -2.09. The minimum absolute atomic E-state index is 0.0493. The van der Waals surface area contributed by atoms with E-state index in [0.29, 0.717) is 13.2 Å². The fourth-order valence-electron chi connectivity index (χ4n) is 2.87. The van der Waals surface area contributed by atoms with Crippen molar-refractivity contribution in [2.24, 2.45) is 0 Å². The molecule has 2 heterocycles. The molecule has 0 saturated heterocycles. The Bertz CT molecular complexity index is 920. The van der Waals surface area contributed by atoms with E-state index in [4.69, 9.17) is 4.74 Å². The molecule has 0 aliphatic heterocycles. The molecule has 0 aliphatic carbocycles. The Morgan fingerprint density at radius 3 is 2.54 bits per heavy atom. The first-order valence-electron chi connectivity index (χ1n) is 8.12. The predicted molar refractivity (Wildman–Crippen MR) is 99.4 cm³/mol. The lowest BCUT2D eigenvalue weighted by atomic mass is 10.1. The van der Waals surface area contributed by atoms with Crippen LogP contribution in [0.5, 0.6) is 5.75 Å². The fourth-order valence-corrected chi connectivity index (χ4v) is 3.86. The summed E-state index contributed by atoms with van der Waals surface area (Å²) in [6.45, 7) is 9.33. The van der Waals surface area contributed by atoms with Crippen LogP contribution in [0.1, 0.15) is 28.0 Å². The molecular formula is C19H22N2O2S. The standard InChI is InChI=1S/C19H22N2O2S/c1-12-8-13(2)10-16(9-12)23-7-5-6-21-11-20-18-17(19(21)22)14(3)15(4)24-18/h8-11H,5-7H2,1-4H3. The normalized spacial score (nSPS) is 11.2. The van der Waals surface area contributed by atoms with Gasteiger partial charge in [0.1, 0.15) is 10.6 Å². The van der Waals surface area contributed by atoms with Crippen LogP contribution in [-0.2, 0) is 6.54 Å². The Kier molecular flexibility index (Phi) is 4.71. The molecule has 3 aromatic rings. The molecule has 24 heavy (non-hydrogen) atoms. The van der Waals surface area contributed by atoms with E-state index in [2.05, 4.69) is 24.9 Å². The maximum absolute atomic E-state index is 12.6. The summed E-state index contributed by atoms with van der Waals surface area (Å²) in [5, 5.41) is 0.759. The number of nitrogens with zero attached hydrogens (tertiary/aromatic N) is 2. The molecule has 0 saturated carbocycles. The van der Waals surface area contributed by atoms with Crippen molar-refractivity contribution in [1.82, 2.24) is 9.55 Å². The summed E-state index contributed by atoms with van der Waals surface area (Å²) in [6, 6.07) is 6.19. The van der Waals surface area contributed by atoms with Crippen LogP contribution in [0.25, 0.3) is 10.2 Å². The topological polar surface area (TPSA) is 44.1 Å². The molecule has 3 rings (SSSR count). The van der Waals surface area contributed by atoms with Crippen molar-refractivity contribution in [3.05, 3.63) is 56.4 Å². The van der Waals surface area contributed by atoms with Crippen molar-refractivity contribution in [2.75, 3.05) is 6.61 Å². The fraction of sp³-hybridized carbons (Fsp3) is 0.368. The first kappa shape index (κ1) is 16.7. The van der Waals surface area contributed by atoms with E-state index < -0.39 is 0 Å². The van der Waals surface area contributed by atoms with Crippen molar-refractivity contribution < 1.29 is 4.74 Å².